The van der Waals surface area contributed by atoms with E-state index in [1.807, 2.05) is 4.90 Å². The van der Waals surface area contributed by atoms with Crippen molar-refractivity contribution >= 4 is 51.2 Å². The van der Waals surface area contributed by atoms with E-state index in [0.717, 1.165) is 0 Å². The minimum atomic E-state index is -1.60. The van der Waals surface area contributed by atoms with E-state index >= 15 is 0 Å². The van der Waals surface area contributed by atoms with Crippen molar-refractivity contribution in [3.8, 4) is 0 Å². The van der Waals surface area contributed by atoms with Gasteiger partial charge in [-0.05, 0) is 32.2 Å². The summed E-state index contributed by atoms with van der Waals surface area (Å²) < 4.78 is 3.08. The third-order valence-electron chi connectivity index (χ3n) is 6.72. The number of nitrogens with one attached hydrogen (secondary N) is 1. The Hall–Kier alpha value is -4.08. The van der Waals surface area contributed by atoms with Crippen molar-refractivity contribution in [1.82, 2.24) is 34.2 Å². The van der Waals surface area contributed by atoms with Crippen LogP contribution < -0.4 is 5.32 Å². The summed E-state index contributed by atoms with van der Waals surface area (Å²) >= 11 is 0. The molecule has 0 saturated carbocycles. The van der Waals surface area contributed by atoms with Gasteiger partial charge in [0.05, 0.1) is 25.6 Å². The van der Waals surface area contributed by atoms with Crippen LogP contribution in [0, 0.1) is 0 Å². The number of imidazole rings is 2. The number of hydrogen-bond acceptors (Lipinski definition) is 12. The number of amides is 2. The normalized spacial score (nSPS) is 13.0. The first kappa shape index (κ1) is 45.0. The van der Waals surface area contributed by atoms with Crippen LogP contribution in [0.25, 0.3) is 0 Å². The Bertz CT molecular complexity index is 1160. The van der Waals surface area contributed by atoms with Crippen molar-refractivity contribution in [3.05, 3.63) is 36.4 Å². The Morgan fingerprint density at radius 2 is 1.38 bits per heavy atom. The van der Waals surface area contributed by atoms with Crippen molar-refractivity contribution in [2.75, 3.05) is 19.6 Å². The van der Waals surface area contributed by atoms with Gasteiger partial charge in [-0.2, -0.15) is 0 Å². The van der Waals surface area contributed by atoms with Gasteiger partial charge in [-0.3, -0.25) is 24.1 Å². The smallest absolute Gasteiger partial charge is 0.475 e. The Morgan fingerprint density at radius 3 is 1.85 bits per heavy atom. The monoisotopic (exact) mass is 832 g/mol. The predicted molar refractivity (Wildman–Crippen MR) is 157 cm³/mol. The number of likely N-dealkylation sites (tertiary alicyclic amines) is 1. The molecule has 0 aliphatic carbocycles. The zero-order valence-corrected chi connectivity index (χ0v) is 28.1. The summed E-state index contributed by atoms with van der Waals surface area (Å²) in [5.74, 6) is -2.13. The van der Waals surface area contributed by atoms with Gasteiger partial charge in [0.25, 0.3) is 0 Å². The Balaban J connectivity index is 0. The second kappa shape index (κ2) is 26.0. The van der Waals surface area contributed by atoms with Crippen molar-refractivity contribution in [1.29, 1.82) is 0 Å². The zero-order chi connectivity index (χ0) is 35.1. The summed E-state index contributed by atoms with van der Waals surface area (Å²) in [4.78, 5) is 81.4. The van der Waals surface area contributed by atoms with Gasteiger partial charge in [0.15, 0.2) is 0 Å². The Morgan fingerprint density at radius 1 is 0.872 bits per heavy atom. The van der Waals surface area contributed by atoms with Gasteiger partial charge in [-0.15, -0.1) is 0 Å². The molecule has 1 fully saturated rings. The molecule has 20 heteroatoms. The van der Waals surface area contributed by atoms with Crippen LogP contribution in [0.2, 0.25) is 0 Å². The van der Waals surface area contributed by atoms with E-state index in [2.05, 4.69) is 35.7 Å². The first-order valence-corrected chi connectivity index (χ1v) is 13.8. The van der Waals surface area contributed by atoms with Gasteiger partial charge in [-0.25, -0.2) is 9.97 Å². The number of carboxylic acids is 2. The fraction of sp³-hybridized carbons (Fsp3) is 0.519. The van der Waals surface area contributed by atoms with Crippen molar-refractivity contribution in [2.24, 2.45) is 0 Å². The van der Waals surface area contributed by atoms with Gasteiger partial charge in [0, 0.05) is 58.2 Å². The van der Waals surface area contributed by atoms with E-state index in [9.17, 15) is 29.2 Å². The number of aliphatic carboxylic acids is 2. The van der Waals surface area contributed by atoms with E-state index in [0.29, 0.717) is 69.9 Å². The minimum absolute atomic E-state index is 0. The van der Waals surface area contributed by atoms with E-state index in [-0.39, 0.29) is 58.3 Å². The second-order valence-corrected chi connectivity index (χ2v) is 9.74. The molecule has 1 aliphatic heterocycles. The van der Waals surface area contributed by atoms with Crippen molar-refractivity contribution in [3.63, 3.8) is 0 Å². The second-order valence-electron chi connectivity index (χ2n) is 9.74. The van der Waals surface area contributed by atoms with Crippen LogP contribution in [-0.4, -0.2) is 126 Å². The maximum Gasteiger partial charge on any atom is 0.475 e. The number of carbonyl (C=O) groups is 4. The number of carbonyl (C=O) groups excluding carboxylic acids is 5. The summed E-state index contributed by atoms with van der Waals surface area (Å²) in [7, 11) is -1.60. The van der Waals surface area contributed by atoms with Gasteiger partial charge < -0.3 is 74.4 Å². The van der Waals surface area contributed by atoms with Crippen LogP contribution in [-0.2, 0) is 80.2 Å². The molecule has 47 heavy (non-hydrogen) atoms. The average molecular weight is 832 g/mol. The molecule has 1 atom stereocenters. The van der Waals surface area contributed by atoms with Gasteiger partial charge in [0.2, 0.25) is 11.8 Å². The summed E-state index contributed by atoms with van der Waals surface area (Å²) in [6, 6.07) is 0. The maximum atomic E-state index is 12.3. The Kier molecular flexibility index (Phi) is 25.0. The van der Waals surface area contributed by atoms with Crippen molar-refractivity contribution < 1.29 is 74.2 Å². The molecule has 1 saturated heterocycles. The molecule has 0 aromatic carbocycles. The summed E-state index contributed by atoms with van der Waals surface area (Å²) in [6.07, 6.45) is 9.65. The fourth-order valence-corrected chi connectivity index (χ4v) is 4.75. The fourth-order valence-electron chi connectivity index (χ4n) is 4.75. The van der Waals surface area contributed by atoms with Crippen LogP contribution in [0.3, 0.4) is 0 Å². The molecule has 0 bridgehead atoms. The number of hydrogen-bond donors (Lipinski definition) is 5. The molecule has 2 amide bonds. The van der Waals surface area contributed by atoms with Crippen molar-refractivity contribution in [2.45, 2.75) is 70.6 Å². The molecule has 3 heterocycles. The van der Waals surface area contributed by atoms with Gasteiger partial charge in [-0.1, -0.05) is 6.42 Å². The maximum absolute atomic E-state index is 12.3. The molecule has 0 spiro atoms. The molecule has 2 aromatic heterocycles. The molecule has 2 aromatic rings. The molecule has 4 radical (unpaired) electrons. The predicted octanol–water partition coefficient (Wildman–Crippen LogP) is -2.26. The first-order valence-electron chi connectivity index (χ1n) is 13.8. The molecule has 18 nitrogen and oxygen atoms in total. The SMILES string of the molecule is O=C(O)Cn1ccnc1CN(CCCCCC(=O)NCC(=O)N1CCCC1B(O)O)Cc1nccn1CC(=O)O.[C-]=O.[C-]=O.[C-]=O.[Re]. The quantitative estimate of drug-likeness (QED) is 0.0641. The minimum Gasteiger partial charge on any atom is -0.573 e. The van der Waals surface area contributed by atoms with E-state index in [1.165, 1.54) is 26.4 Å². The van der Waals surface area contributed by atoms with E-state index in [1.54, 1.807) is 12.4 Å². The largest absolute Gasteiger partial charge is 0.573 e. The van der Waals surface area contributed by atoms with Crippen LogP contribution >= 0.6 is 0 Å². The number of aromatic nitrogens is 4. The van der Waals surface area contributed by atoms with E-state index < -0.39 is 25.0 Å². The summed E-state index contributed by atoms with van der Waals surface area (Å²) in [5, 5.41) is 39.8. The van der Waals surface area contributed by atoms with Crippen LogP contribution in [0.15, 0.2) is 24.8 Å². The number of nitrogens with zero attached hydrogens (tertiary/aromatic N) is 6. The van der Waals surface area contributed by atoms with Gasteiger partial charge in [0.1, 0.15) is 24.7 Å². The molecule has 258 valence electrons. The number of rotatable bonds is 17. The topological polar surface area (TPSA) is 255 Å². The number of unbranched alkanes of at least 4 members (excludes halogenated alkanes) is 2. The third-order valence-corrected chi connectivity index (χ3v) is 6.72. The standard InChI is InChI=1S/C24H36BN7O8.3CO.Re/c33-21(28-13-22(34)32-10-4-5-18(32)25(39)40)6-2-1-3-9-29(14-19-26-7-11-30(19)16-23(35)36)15-20-27-8-12-31(20)17-24(37)38;3*1-2;/h7-8,11-12,18,39-40H,1-6,9-10,13-17H2,(H,28,33)(H,35,36)(H,37,38);;;;/q;3*-1;. The molecule has 1 aliphatic rings. The summed E-state index contributed by atoms with van der Waals surface area (Å²) in [5.41, 5.74) is 0. The number of carboxylic acid groups (broad SMARTS) is 2. The average Bonchev–Trinajstić information content (AvgIpc) is 3.81. The molecule has 3 rings (SSSR count). The molecular formula is C27H36BN7O11Re-3. The molecule has 5 N–H and O–H groups in total. The van der Waals surface area contributed by atoms with Crippen LogP contribution in [0.4, 0.5) is 0 Å². The Labute approximate surface area is 285 Å². The summed E-state index contributed by atoms with van der Waals surface area (Å²) in [6.45, 7) is 14.5. The zero-order valence-electron chi connectivity index (χ0n) is 25.4. The van der Waals surface area contributed by atoms with E-state index in [4.69, 9.17) is 24.6 Å². The van der Waals surface area contributed by atoms with Crippen LogP contribution in [0.1, 0.15) is 50.2 Å². The molecular weight excluding hydrogens is 795 g/mol. The van der Waals surface area contributed by atoms with Gasteiger partial charge >= 0.3 is 19.1 Å². The molecule has 1 unspecified atom stereocenters. The first-order chi connectivity index (χ1) is 22.1. The third kappa shape index (κ3) is 16.9. The van der Waals surface area contributed by atoms with Crippen LogP contribution in [0.5, 0.6) is 0 Å².